The molecule has 2 aromatic heterocycles. The van der Waals surface area contributed by atoms with E-state index in [1.165, 1.54) is 17.8 Å². The molecular weight excluding hydrogens is 272 g/mol. The second kappa shape index (κ2) is 5.79. The summed E-state index contributed by atoms with van der Waals surface area (Å²) < 4.78 is 5.32. The first kappa shape index (κ1) is 13.4. The smallest absolute Gasteiger partial charge is 0.273 e. The molecule has 0 saturated carbocycles. The topological polar surface area (TPSA) is 46.3 Å². The third kappa shape index (κ3) is 2.63. The van der Waals surface area contributed by atoms with Gasteiger partial charge in [-0.3, -0.25) is 4.79 Å². The van der Waals surface area contributed by atoms with Crippen LogP contribution in [-0.2, 0) is 0 Å². The van der Waals surface area contributed by atoms with Gasteiger partial charge >= 0.3 is 0 Å². The molecule has 3 heterocycles. The Labute approximate surface area is 122 Å². The van der Waals surface area contributed by atoms with Crippen LogP contribution >= 0.6 is 11.3 Å². The molecule has 0 bridgehead atoms. The van der Waals surface area contributed by atoms with Crippen LogP contribution in [0.1, 0.15) is 36.7 Å². The number of nitrogens with zero attached hydrogens (tertiary/aromatic N) is 2. The maximum atomic E-state index is 12.5. The highest BCUT2D eigenvalue weighted by Crippen LogP contribution is 2.26. The fraction of sp³-hybridized carbons (Fsp3) is 0.467. The number of aromatic nitrogens is 1. The summed E-state index contributed by atoms with van der Waals surface area (Å²) in [4.78, 5) is 18.8. The summed E-state index contributed by atoms with van der Waals surface area (Å²) in [5.41, 5.74) is 0.540. The summed E-state index contributed by atoms with van der Waals surface area (Å²) in [6.07, 6.45) is 5.08. The molecule has 1 saturated heterocycles. The number of rotatable bonds is 3. The molecule has 0 aromatic carbocycles. The van der Waals surface area contributed by atoms with E-state index < -0.39 is 0 Å². The largest absolute Gasteiger partial charge is 0.462 e. The van der Waals surface area contributed by atoms with Gasteiger partial charge in [-0.15, -0.1) is 11.3 Å². The molecule has 5 heteroatoms. The van der Waals surface area contributed by atoms with Crippen LogP contribution in [-0.4, -0.2) is 28.9 Å². The zero-order valence-electron chi connectivity index (χ0n) is 11.5. The normalized spacial score (nSPS) is 19.2. The molecule has 1 aliphatic rings. The average Bonchev–Trinajstić information content (AvgIpc) is 3.17. The molecule has 20 heavy (non-hydrogen) atoms. The van der Waals surface area contributed by atoms with Gasteiger partial charge in [0.2, 0.25) is 0 Å². The van der Waals surface area contributed by atoms with E-state index in [0.717, 1.165) is 36.7 Å². The quantitative estimate of drug-likeness (QED) is 0.866. The number of piperidine rings is 1. The highest BCUT2D eigenvalue weighted by atomic mass is 32.1. The molecular formula is C15H18N2O2S. The summed E-state index contributed by atoms with van der Waals surface area (Å²) in [7, 11) is 0. The van der Waals surface area contributed by atoms with Crippen LogP contribution < -0.4 is 0 Å². The number of carbonyl (C=O) groups excluding carboxylic acids is 1. The first-order valence-electron chi connectivity index (χ1n) is 7.06. The Morgan fingerprint density at radius 1 is 1.60 bits per heavy atom. The van der Waals surface area contributed by atoms with Crippen molar-refractivity contribution in [1.82, 2.24) is 9.88 Å². The van der Waals surface area contributed by atoms with E-state index in [9.17, 15) is 4.79 Å². The molecule has 106 valence electrons. The Hall–Kier alpha value is -1.62. The van der Waals surface area contributed by atoms with Crippen molar-refractivity contribution in [2.45, 2.75) is 26.2 Å². The monoisotopic (exact) mass is 290 g/mol. The molecule has 0 N–H and O–H groups in total. The van der Waals surface area contributed by atoms with E-state index in [0.29, 0.717) is 11.6 Å². The first-order chi connectivity index (χ1) is 9.78. The van der Waals surface area contributed by atoms with Crippen LogP contribution in [0.4, 0.5) is 0 Å². The number of thiazole rings is 1. The van der Waals surface area contributed by atoms with Crippen molar-refractivity contribution in [3.63, 3.8) is 0 Å². The minimum Gasteiger partial charge on any atom is -0.462 e. The molecule has 4 nitrogen and oxygen atoms in total. The molecule has 2 aromatic rings. The molecule has 0 spiro atoms. The zero-order valence-corrected chi connectivity index (χ0v) is 12.4. The van der Waals surface area contributed by atoms with Crippen molar-refractivity contribution in [2.24, 2.45) is 5.92 Å². The van der Waals surface area contributed by atoms with Crippen LogP contribution in [0, 0.1) is 5.92 Å². The molecule has 1 fully saturated rings. The SMILES string of the molecule is CCC1CCCN(C(=O)c2csc(-c3ccco3)n2)C1. The first-order valence-corrected chi connectivity index (χ1v) is 7.94. The van der Waals surface area contributed by atoms with Crippen molar-refractivity contribution in [3.8, 4) is 10.8 Å². The Kier molecular flexibility index (Phi) is 3.87. The van der Waals surface area contributed by atoms with Gasteiger partial charge in [-0.25, -0.2) is 4.98 Å². The average molecular weight is 290 g/mol. The van der Waals surface area contributed by atoms with Crippen molar-refractivity contribution >= 4 is 17.2 Å². The van der Waals surface area contributed by atoms with Crippen LogP contribution in [0.25, 0.3) is 10.8 Å². The van der Waals surface area contributed by atoms with Crippen LogP contribution in [0.2, 0.25) is 0 Å². The van der Waals surface area contributed by atoms with Gasteiger partial charge in [0.05, 0.1) is 6.26 Å². The van der Waals surface area contributed by atoms with Gasteiger partial charge in [0.15, 0.2) is 10.8 Å². The van der Waals surface area contributed by atoms with Gasteiger partial charge in [-0.2, -0.15) is 0 Å². The minimum absolute atomic E-state index is 0.0530. The summed E-state index contributed by atoms with van der Waals surface area (Å²) in [6.45, 7) is 3.91. The number of furan rings is 1. The van der Waals surface area contributed by atoms with Gasteiger partial charge in [0.25, 0.3) is 5.91 Å². The third-order valence-electron chi connectivity index (χ3n) is 3.84. The lowest BCUT2D eigenvalue weighted by Gasteiger charge is -2.31. The molecule has 0 radical (unpaired) electrons. The van der Waals surface area contributed by atoms with E-state index in [1.54, 1.807) is 6.26 Å². The highest BCUT2D eigenvalue weighted by molar-refractivity contribution is 7.13. The molecule has 1 amide bonds. The van der Waals surface area contributed by atoms with E-state index in [2.05, 4.69) is 11.9 Å². The highest BCUT2D eigenvalue weighted by Gasteiger charge is 2.25. The lowest BCUT2D eigenvalue weighted by Crippen LogP contribution is -2.39. The molecule has 1 unspecified atom stereocenters. The minimum atomic E-state index is 0.0530. The Morgan fingerprint density at radius 3 is 3.25 bits per heavy atom. The maximum Gasteiger partial charge on any atom is 0.273 e. The van der Waals surface area contributed by atoms with E-state index in [4.69, 9.17) is 4.42 Å². The number of hydrogen-bond donors (Lipinski definition) is 0. The van der Waals surface area contributed by atoms with Crippen molar-refractivity contribution in [2.75, 3.05) is 13.1 Å². The van der Waals surface area contributed by atoms with Crippen LogP contribution in [0.15, 0.2) is 28.2 Å². The number of hydrogen-bond acceptors (Lipinski definition) is 4. The second-order valence-corrected chi connectivity index (χ2v) is 6.04. The van der Waals surface area contributed by atoms with Gasteiger partial charge in [-0.1, -0.05) is 13.3 Å². The Bertz CT molecular complexity index is 576. The maximum absolute atomic E-state index is 12.5. The van der Waals surface area contributed by atoms with Gasteiger partial charge in [0, 0.05) is 18.5 Å². The molecule has 1 aliphatic heterocycles. The van der Waals surface area contributed by atoms with Gasteiger partial charge in [-0.05, 0) is 30.9 Å². The third-order valence-corrected chi connectivity index (χ3v) is 4.70. The van der Waals surface area contributed by atoms with Crippen LogP contribution in [0.5, 0.6) is 0 Å². The van der Waals surface area contributed by atoms with E-state index in [1.807, 2.05) is 22.4 Å². The summed E-state index contributed by atoms with van der Waals surface area (Å²) in [5.74, 6) is 1.41. The number of carbonyl (C=O) groups is 1. The van der Waals surface area contributed by atoms with Gasteiger partial charge in [0.1, 0.15) is 5.69 Å². The Balaban J connectivity index is 1.74. The summed E-state index contributed by atoms with van der Waals surface area (Å²) in [5, 5.41) is 2.60. The predicted molar refractivity (Wildman–Crippen MR) is 78.7 cm³/mol. The van der Waals surface area contributed by atoms with Crippen molar-refractivity contribution in [3.05, 3.63) is 29.5 Å². The standard InChI is InChI=1S/C15H18N2O2S/c1-2-11-5-3-7-17(9-11)15(18)12-10-20-14(16-12)13-6-4-8-19-13/h4,6,8,10-11H,2-3,5,7,9H2,1H3. The molecule has 0 aliphatic carbocycles. The molecule has 1 atom stereocenters. The van der Waals surface area contributed by atoms with Gasteiger partial charge < -0.3 is 9.32 Å². The fourth-order valence-electron chi connectivity index (χ4n) is 2.63. The number of likely N-dealkylation sites (tertiary alicyclic amines) is 1. The molecule has 3 rings (SSSR count). The van der Waals surface area contributed by atoms with Crippen molar-refractivity contribution in [1.29, 1.82) is 0 Å². The van der Waals surface area contributed by atoms with E-state index in [-0.39, 0.29) is 5.91 Å². The van der Waals surface area contributed by atoms with Crippen molar-refractivity contribution < 1.29 is 9.21 Å². The Morgan fingerprint density at radius 2 is 2.50 bits per heavy atom. The summed E-state index contributed by atoms with van der Waals surface area (Å²) in [6, 6.07) is 3.69. The second-order valence-electron chi connectivity index (χ2n) is 5.18. The number of amides is 1. The fourth-order valence-corrected chi connectivity index (χ4v) is 3.39. The predicted octanol–water partition coefficient (Wildman–Crippen LogP) is 3.67. The lowest BCUT2D eigenvalue weighted by molar-refractivity contribution is 0.0666. The van der Waals surface area contributed by atoms with Crippen LogP contribution in [0.3, 0.4) is 0 Å². The zero-order chi connectivity index (χ0) is 13.9. The van der Waals surface area contributed by atoms with E-state index >= 15 is 0 Å². The lowest BCUT2D eigenvalue weighted by atomic mass is 9.95. The summed E-state index contributed by atoms with van der Waals surface area (Å²) >= 11 is 1.45.